The molecule has 130 valence electrons. The Labute approximate surface area is 140 Å². The van der Waals surface area contributed by atoms with Crippen molar-refractivity contribution in [2.45, 2.75) is 52.0 Å². The minimum Gasteiger partial charge on any atom is -0.335 e. The zero-order chi connectivity index (χ0) is 17.3. The molecule has 2 rings (SSSR count). The van der Waals surface area contributed by atoms with Crippen molar-refractivity contribution in [3.63, 3.8) is 0 Å². The second-order valence-corrected chi connectivity index (χ2v) is 7.22. The number of rotatable bonds is 5. The van der Waals surface area contributed by atoms with Gasteiger partial charge in [-0.1, -0.05) is 6.92 Å². The number of aryl methyl sites for hydroxylation is 2. The fourth-order valence-electron chi connectivity index (χ4n) is 3.14. The Bertz CT molecular complexity index is 544. The normalized spacial score (nSPS) is 19.6. The maximum absolute atomic E-state index is 13.4. The number of carbonyl (C=O) groups is 1. The van der Waals surface area contributed by atoms with Crippen molar-refractivity contribution >= 4 is 17.5 Å². The second kappa shape index (κ2) is 6.75. The van der Waals surface area contributed by atoms with E-state index in [1.54, 1.807) is 15.8 Å². The average molecular weight is 348 g/mol. The highest BCUT2D eigenvalue weighted by molar-refractivity contribution is 6.27. The quantitative estimate of drug-likeness (QED) is 0.764. The number of hydrogen-bond acceptors (Lipinski definition) is 2. The standard InChI is InChI=1S/C16H24ClF2N3O/c1-12-9-20-21(3)13(12)10-22(14(23)8-17)11-15(2)4-6-16(18,19)7-5-15/h9H,4-8,10-11H2,1-3H3. The topological polar surface area (TPSA) is 38.1 Å². The van der Waals surface area contributed by atoms with Crippen LogP contribution in [0.2, 0.25) is 0 Å². The minimum atomic E-state index is -2.57. The van der Waals surface area contributed by atoms with Gasteiger partial charge in [0.1, 0.15) is 5.88 Å². The van der Waals surface area contributed by atoms with Gasteiger partial charge in [-0.2, -0.15) is 5.10 Å². The number of halogens is 3. The summed E-state index contributed by atoms with van der Waals surface area (Å²) < 4.78 is 28.6. The lowest BCUT2D eigenvalue weighted by Gasteiger charge is -2.40. The van der Waals surface area contributed by atoms with Gasteiger partial charge in [0.05, 0.1) is 18.4 Å². The Morgan fingerprint density at radius 2 is 2.00 bits per heavy atom. The lowest BCUT2D eigenvalue weighted by molar-refractivity contribution is -0.132. The molecule has 0 spiro atoms. The highest BCUT2D eigenvalue weighted by Gasteiger charge is 2.42. The van der Waals surface area contributed by atoms with E-state index in [4.69, 9.17) is 11.6 Å². The van der Waals surface area contributed by atoms with Crippen LogP contribution in [0.3, 0.4) is 0 Å². The van der Waals surface area contributed by atoms with Crippen LogP contribution in [0.5, 0.6) is 0 Å². The van der Waals surface area contributed by atoms with Gasteiger partial charge in [0.25, 0.3) is 0 Å². The summed E-state index contributed by atoms with van der Waals surface area (Å²) in [6, 6.07) is 0. The molecule has 0 radical (unpaired) electrons. The first kappa shape index (κ1) is 18.2. The summed E-state index contributed by atoms with van der Waals surface area (Å²) in [4.78, 5) is 13.9. The number of hydrogen-bond donors (Lipinski definition) is 0. The van der Waals surface area contributed by atoms with Crippen molar-refractivity contribution in [1.82, 2.24) is 14.7 Å². The lowest BCUT2D eigenvalue weighted by atomic mass is 9.74. The van der Waals surface area contributed by atoms with Gasteiger partial charge in [0.15, 0.2) is 0 Å². The van der Waals surface area contributed by atoms with Crippen molar-refractivity contribution in [2.75, 3.05) is 12.4 Å². The fourth-order valence-corrected chi connectivity index (χ4v) is 3.30. The second-order valence-electron chi connectivity index (χ2n) is 6.95. The molecule has 1 aromatic heterocycles. The Morgan fingerprint density at radius 3 is 2.48 bits per heavy atom. The van der Waals surface area contributed by atoms with Crippen molar-refractivity contribution in [2.24, 2.45) is 12.5 Å². The SMILES string of the molecule is Cc1cnn(C)c1CN(CC1(C)CCC(F)(F)CC1)C(=O)CCl. The van der Waals surface area contributed by atoms with Gasteiger partial charge in [-0.05, 0) is 30.7 Å². The molecule has 1 saturated carbocycles. The summed E-state index contributed by atoms with van der Waals surface area (Å²) in [6.07, 6.45) is 2.35. The molecule has 0 aromatic carbocycles. The smallest absolute Gasteiger partial charge is 0.248 e. The van der Waals surface area contributed by atoms with Gasteiger partial charge in [-0.3, -0.25) is 9.48 Å². The molecule has 1 aromatic rings. The van der Waals surface area contributed by atoms with Gasteiger partial charge < -0.3 is 4.90 Å². The van der Waals surface area contributed by atoms with E-state index < -0.39 is 5.92 Å². The third-order valence-electron chi connectivity index (χ3n) is 4.84. The molecule has 4 nitrogen and oxygen atoms in total. The molecule has 1 aliphatic carbocycles. The van der Waals surface area contributed by atoms with Gasteiger partial charge >= 0.3 is 0 Å². The molecule has 0 bridgehead atoms. The molecule has 0 unspecified atom stereocenters. The van der Waals surface area contributed by atoms with E-state index in [2.05, 4.69) is 5.10 Å². The van der Waals surface area contributed by atoms with Gasteiger partial charge in [0, 0.05) is 26.4 Å². The summed E-state index contributed by atoms with van der Waals surface area (Å²) in [5.41, 5.74) is 1.64. The van der Waals surface area contributed by atoms with E-state index >= 15 is 0 Å². The number of carbonyl (C=O) groups excluding carboxylic acids is 1. The first-order valence-electron chi connectivity index (χ1n) is 7.85. The van der Waals surface area contributed by atoms with E-state index in [1.165, 1.54) is 0 Å². The van der Waals surface area contributed by atoms with Crippen molar-refractivity contribution in [3.05, 3.63) is 17.5 Å². The Morgan fingerprint density at radius 1 is 1.39 bits per heavy atom. The fraction of sp³-hybridized carbons (Fsp3) is 0.750. The van der Waals surface area contributed by atoms with E-state index in [1.807, 2.05) is 20.9 Å². The van der Waals surface area contributed by atoms with E-state index in [-0.39, 0.29) is 30.0 Å². The molecule has 23 heavy (non-hydrogen) atoms. The molecule has 1 fully saturated rings. The molecule has 1 heterocycles. The average Bonchev–Trinajstić information content (AvgIpc) is 2.81. The zero-order valence-electron chi connectivity index (χ0n) is 13.9. The number of aromatic nitrogens is 2. The maximum Gasteiger partial charge on any atom is 0.248 e. The Balaban J connectivity index is 2.12. The molecule has 0 N–H and O–H groups in total. The van der Waals surface area contributed by atoms with Crippen LogP contribution in [0, 0.1) is 12.3 Å². The van der Waals surface area contributed by atoms with E-state index in [0.717, 1.165) is 11.3 Å². The minimum absolute atomic E-state index is 0.108. The first-order chi connectivity index (χ1) is 10.7. The van der Waals surface area contributed by atoms with Crippen LogP contribution in [0.15, 0.2) is 6.20 Å². The molecule has 0 atom stereocenters. The summed E-state index contributed by atoms with van der Waals surface area (Å²) >= 11 is 5.74. The molecule has 7 heteroatoms. The van der Waals surface area contributed by atoms with Gasteiger partial charge in [-0.15, -0.1) is 11.6 Å². The zero-order valence-corrected chi connectivity index (χ0v) is 14.7. The Hall–Kier alpha value is -1.17. The van der Waals surface area contributed by atoms with Crippen LogP contribution in [0.4, 0.5) is 8.78 Å². The molecular weight excluding hydrogens is 324 g/mol. The third kappa shape index (κ3) is 4.43. The van der Waals surface area contributed by atoms with Crippen molar-refractivity contribution in [3.8, 4) is 0 Å². The van der Waals surface area contributed by atoms with Crippen LogP contribution in [0.25, 0.3) is 0 Å². The summed E-state index contributed by atoms with van der Waals surface area (Å²) in [7, 11) is 1.83. The number of nitrogens with zero attached hydrogens (tertiary/aromatic N) is 3. The molecule has 0 saturated heterocycles. The summed E-state index contributed by atoms with van der Waals surface area (Å²) in [6.45, 7) is 4.76. The summed E-state index contributed by atoms with van der Waals surface area (Å²) in [5, 5.41) is 4.18. The van der Waals surface area contributed by atoms with E-state index in [0.29, 0.717) is 25.9 Å². The maximum atomic E-state index is 13.4. The first-order valence-corrected chi connectivity index (χ1v) is 8.38. The van der Waals surface area contributed by atoms with E-state index in [9.17, 15) is 13.6 Å². The highest BCUT2D eigenvalue weighted by atomic mass is 35.5. The van der Waals surface area contributed by atoms with Crippen LogP contribution in [-0.2, 0) is 18.4 Å². The highest BCUT2D eigenvalue weighted by Crippen LogP contribution is 2.43. The third-order valence-corrected chi connectivity index (χ3v) is 5.07. The molecular formula is C16H24ClF2N3O. The molecule has 1 aliphatic rings. The van der Waals surface area contributed by atoms with Crippen LogP contribution < -0.4 is 0 Å². The number of alkyl halides is 3. The van der Waals surface area contributed by atoms with Crippen molar-refractivity contribution in [1.29, 1.82) is 0 Å². The van der Waals surface area contributed by atoms with Crippen molar-refractivity contribution < 1.29 is 13.6 Å². The molecule has 1 amide bonds. The largest absolute Gasteiger partial charge is 0.335 e. The Kier molecular flexibility index (Phi) is 5.33. The van der Waals surface area contributed by atoms with Crippen LogP contribution in [0.1, 0.15) is 43.9 Å². The molecule has 0 aliphatic heterocycles. The predicted molar refractivity (Wildman–Crippen MR) is 85.6 cm³/mol. The predicted octanol–water partition coefficient (Wildman–Crippen LogP) is 3.51. The monoisotopic (exact) mass is 347 g/mol. The van der Waals surface area contributed by atoms with Crippen LogP contribution >= 0.6 is 11.6 Å². The van der Waals surface area contributed by atoms with Crippen LogP contribution in [-0.4, -0.2) is 38.9 Å². The lowest BCUT2D eigenvalue weighted by Crippen LogP contribution is -2.43. The summed E-state index contributed by atoms with van der Waals surface area (Å²) in [5.74, 6) is -2.85. The number of amides is 1. The van der Waals surface area contributed by atoms with Gasteiger partial charge in [0.2, 0.25) is 11.8 Å². The van der Waals surface area contributed by atoms with Gasteiger partial charge in [-0.25, -0.2) is 8.78 Å².